The minimum Gasteiger partial charge on any atom is -0.294 e. The number of hydrogen-bond acceptors (Lipinski definition) is 2. The largest absolute Gasteiger partial charge is 0.294 e. The van der Waals surface area contributed by atoms with Crippen LogP contribution in [-0.2, 0) is 12.8 Å². The third kappa shape index (κ3) is 2.04. The summed E-state index contributed by atoms with van der Waals surface area (Å²) in [5.41, 5.74) is 4.19. The smallest absolute Gasteiger partial charge is 0.168 e. The highest BCUT2D eigenvalue weighted by atomic mass is 16.1. The van der Waals surface area contributed by atoms with Gasteiger partial charge in [-0.25, -0.2) is 0 Å². The molecule has 0 saturated heterocycles. The summed E-state index contributed by atoms with van der Waals surface area (Å²) in [6, 6.07) is 18.1. The summed E-state index contributed by atoms with van der Waals surface area (Å²) in [7, 11) is 0. The van der Waals surface area contributed by atoms with E-state index in [2.05, 4.69) is 17.1 Å². The first-order valence-corrected chi connectivity index (χ1v) is 7.27. The molecule has 0 spiro atoms. The minimum absolute atomic E-state index is 0.0509. The van der Waals surface area contributed by atoms with E-state index < -0.39 is 0 Å². The molecule has 1 heterocycles. The normalized spacial score (nSPS) is 14.3. The molecular weight excluding hydrogens is 258 g/mol. The summed E-state index contributed by atoms with van der Waals surface area (Å²) in [6.45, 7) is 0. The Balaban J connectivity index is 1.72. The maximum Gasteiger partial charge on any atom is 0.168 e. The molecule has 21 heavy (non-hydrogen) atoms. The summed E-state index contributed by atoms with van der Waals surface area (Å²) >= 11 is 0. The van der Waals surface area contributed by atoms with E-state index in [0.29, 0.717) is 0 Å². The van der Waals surface area contributed by atoms with Gasteiger partial charge in [-0.3, -0.25) is 9.78 Å². The predicted molar refractivity (Wildman–Crippen MR) is 83.4 cm³/mol. The van der Waals surface area contributed by atoms with Crippen LogP contribution in [0.15, 0.2) is 60.8 Å². The van der Waals surface area contributed by atoms with Gasteiger partial charge in [0.05, 0.1) is 5.52 Å². The van der Waals surface area contributed by atoms with Gasteiger partial charge in [0.2, 0.25) is 0 Å². The molecule has 4 rings (SSSR count). The number of hydrogen-bond donors (Lipinski definition) is 0. The maximum atomic E-state index is 12.9. The van der Waals surface area contributed by atoms with Crippen molar-refractivity contribution in [2.75, 3.05) is 0 Å². The van der Waals surface area contributed by atoms with Crippen LogP contribution in [0.5, 0.6) is 0 Å². The third-order valence-electron chi connectivity index (χ3n) is 4.32. The van der Waals surface area contributed by atoms with Crippen molar-refractivity contribution in [2.45, 2.75) is 12.8 Å². The standard InChI is InChI=1S/C19H15NO/c21-19(16-11-14-5-1-2-6-15(14)12-16)17-9-3-7-13-8-4-10-20-18(13)17/h1-10,16H,11-12H2. The van der Waals surface area contributed by atoms with E-state index in [1.165, 1.54) is 11.1 Å². The first-order valence-electron chi connectivity index (χ1n) is 7.27. The fourth-order valence-electron chi connectivity index (χ4n) is 3.27. The Labute approximate surface area is 123 Å². The number of rotatable bonds is 2. The molecule has 0 N–H and O–H groups in total. The average Bonchev–Trinajstić information content (AvgIpc) is 2.97. The molecule has 102 valence electrons. The van der Waals surface area contributed by atoms with Crippen LogP contribution in [0.1, 0.15) is 21.5 Å². The average molecular weight is 273 g/mol. The van der Waals surface area contributed by atoms with Gasteiger partial charge < -0.3 is 0 Å². The molecule has 0 saturated carbocycles. The van der Waals surface area contributed by atoms with Crippen LogP contribution in [-0.4, -0.2) is 10.8 Å². The highest BCUT2D eigenvalue weighted by Crippen LogP contribution is 2.30. The van der Waals surface area contributed by atoms with Crippen molar-refractivity contribution in [3.63, 3.8) is 0 Å². The van der Waals surface area contributed by atoms with Crippen LogP contribution in [0.2, 0.25) is 0 Å². The van der Waals surface area contributed by atoms with Gasteiger partial charge in [-0.1, -0.05) is 42.5 Å². The van der Waals surface area contributed by atoms with E-state index in [1.54, 1.807) is 6.20 Å². The van der Waals surface area contributed by atoms with Gasteiger partial charge >= 0.3 is 0 Å². The zero-order valence-electron chi connectivity index (χ0n) is 11.6. The lowest BCUT2D eigenvalue weighted by atomic mass is 9.93. The first kappa shape index (κ1) is 12.3. The van der Waals surface area contributed by atoms with Crippen LogP contribution in [0.25, 0.3) is 10.9 Å². The van der Waals surface area contributed by atoms with Crippen LogP contribution in [0.4, 0.5) is 0 Å². The van der Waals surface area contributed by atoms with E-state index in [1.807, 2.05) is 42.5 Å². The fraction of sp³-hybridized carbons (Fsp3) is 0.158. The van der Waals surface area contributed by atoms with Gasteiger partial charge in [-0.05, 0) is 36.1 Å². The Morgan fingerprint density at radius 2 is 1.62 bits per heavy atom. The molecule has 0 aliphatic heterocycles. The number of carbonyl (C=O) groups excluding carboxylic acids is 1. The molecule has 1 aliphatic rings. The zero-order valence-corrected chi connectivity index (χ0v) is 11.6. The molecule has 2 aromatic carbocycles. The lowest BCUT2D eigenvalue weighted by Crippen LogP contribution is -2.15. The molecular formula is C19H15NO. The van der Waals surface area contributed by atoms with Crippen molar-refractivity contribution in [3.8, 4) is 0 Å². The predicted octanol–water partition coefficient (Wildman–Crippen LogP) is 3.83. The van der Waals surface area contributed by atoms with E-state index in [-0.39, 0.29) is 11.7 Å². The number of benzene rings is 2. The quantitative estimate of drug-likeness (QED) is 0.664. The molecule has 0 radical (unpaired) electrons. The Morgan fingerprint density at radius 1 is 0.905 bits per heavy atom. The minimum atomic E-state index is 0.0509. The molecule has 0 unspecified atom stereocenters. The number of pyridine rings is 1. The SMILES string of the molecule is O=C(c1cccc2cccnc12)C1Cc2ccccc2C1. The molecule has 0 fully saturated rings. The van der Waals surface area contributed by atoms with Crippen molar-refractivity contribution in [1.29, 1.82) is 0 Å². The van der Waals surface area contributed by atoms with E-state index >= 15 is 0 Å². The second-order valence-corrected chi connectivity index (χ2v) is 5.62. The number of fused-ring (bicyclic) bond motifs is 2. The Bertz CT molecular complexity index is 807. The molecule has 0 bridgehead atoms. The van der Waals surface area contributed by atoms with Crippen molar-refractivity contribution in [3.05, 3.63) is 77.5 Å². The highest BCUT2D eigenvalue weighted by molar-refractivity contribution is 6.08. The van der Waals surface area contributed by atoms with Crippen LogP contribution < -0.4 is 0 Å². The Hall–Kier alpha value is -2.48. The van der Waals surface area contributed by atoms with Crippen LogP contribution in [0.3, 0.4) is 0 Å². The molecule has 0 atom stereocenters. The summed E-state index contributed by atoms with van der Waals surface area (Å²) < 4.78 is 0. The summed E-state index contributed by atoms with van der Waals surface area (Å²) in [4.78, 5) is 17.3. The first-order chi connectivity index (χ1) is 10.3. The summed E-state index contributed by atoms with van der Waals surface area (Å²) in [6.07, 6.45) is 3.44. The summed E-state index contributed by atoms with van der Waals surface area (Å²) in [5, 5.41) is 1.03. The second kappa shape index (κ2) is 4.81. The monoisotopic (exact) mass is 273 g/mol. The Kier molecular flexibility index (Phi) is 2.81. The highest BCUT2D eigenvalue weighted by Gasteiger charge is 2.28. The van der Waals surface area contributed by atoms with Gasteiger partial charge in [0.1, 0.15) is 0 Å². The van der Waals surface area contributed by atoms with Gasteiger partial charge in [0, 0.05) is 23.1 Å². The molecule has 3 aromatic rings. The van der Waals surface area contributed by atoms with Crippen LogP contribution >= 0.6 is 0 Å². The van der Waals surface area contributed by atoms with Gasteiger partial charge in [-0.2, -0.15) is 0 Å². The van der Waals surface area contributed by atoms with Crippen molar-refractivity contribution < 1.29 is 4.79 Å². The Morgan fingerprint density at radius 3 is 2.38 bits per heavy atom. The van der Waals surface area contributed by atoms with E-state index in [0.717, 1.165) is 29.3 Å². The number of ketones is 1. The fourth-order valence-corrected chi connectivity index (χ4v) is 3.27. The van der Waals surface area contributed by atoms with Gasteiger partial charge in [-0.15, -0.1) is 0 Å². The number of nitrogens with zero attached hydrogens (tertiary/aromatic N) is 1. The number of aromatic nitrogens is 1. The summed E-state index contributed by atoms with van der Waals surface area (Å²) in [5.74, 6) is 0.269. The van der Waals surface area contributed by atoms with E-state index in [4.69, 9.17) is 0 Å². The van der Waals surface area contributed by atoms with Gasteiger partial charge in [0.25, 0.3) is 0 Å². The van der Waals surface area contributed by atoms with Gasteiger partial charge in [0.15, 0.2) is 5.78 Å². The van der Waals surface area contributed by atoms with Crippen LogP contribution in [0, 0.1) is 5.92 Å². The number of para-hydroxylation sites is 1. The molecule has 2 heteroatoms. The zero-order chi connectivity index (χ0) is 14.2. The van der Waals surface area contributed by atoms with Crippen molar-refractivity contribution >= 4 is 16.7 Å². The second-order valence-electron chi connectivity index (χ2n) is 5.62. The lowest BCUT2D eigenvalue weighted by Gasteiger charge is -2.10. The van der Waals surface area contributed by atoms with Crippen molar-refractivity contribution in [1.82, 2.24) is 4.98 Å². The molecule has 0 amide bonds. The lowest BCUT2D eigenvalue weighted by molar-refractivity contribution is 0.0926. The number of carbonyl (C=O) groups is 1. The van der Waals surface area contributed by atoms with Crippen molar-refractivity contribution in [2.24, 2.45) is 5.92 Å². The number of Topliss-reactive ketones (excluding diaryl/α,β-unsaturated/α-hetero) is 1. The maximum absolute atomic E-state index is 12.9. The molecule has 1 aromatic heterocycles. The third-order valence-corrected chi connectivity index (χ3v) is 4.32. The molecule has 2 nitrogen and oxygen atoms in total. The topological polar surface area (TPSA) is 30.0 Å². The van der Waals surface area contributed by atoms with E-state index in [9.17, 15) is 4.79 Å². The molecule has 1 aliphatic carbocycles.